The molecule has 0 unspecified atom stereocenters. The number of esters is 1. The number of hydrogen-bond donors (Lipinski definition) is 1. The summed E-state index contributed by atoms with van der Waals surface area (Å²) in [5, 5.41) is 2.56. The summed E-state index contributed by atoms with van der Waals surface area (Å²) in [6, 6.07) is 1.39. The number of aromatic nitrogens is 1. The fraction of sp³-hybridized carbons (Fsp3) is 0.385. The van der Waals surface area contributed by atoms with Crippen LogP contribution >= 0.6 is 0 Å². The van der Waals surface area contributed by atoms with Crippen molar-refractivity contribution < 1.29 is 19.1 Å². The Balaban J connectivity index is 2.99. The Bertz CT molecular complexity index is 486. The molecule has 1 rings (SSSR count). The van der Waals surface area contributed by atoms with Gasteiger partial charge < -0.3 is 10.1 Å². The Hall–Kier alpha value is -2.24. The minimum Gasteiger partial charge on any atom is -0.462 e. The molecule has 1 amide bonds. The van der Waals surface area contributed by atoms with Crippen LogP contribution in [-0.2, 0) is 9.53 Å². The maximum Gasteiger partial charge on any atom is 0.339 e. The molecule has 0 fully saturated rings. The lowest BCUT2D eigenvalue weighted by molar-refractivity contribution is -0.116. The van der Waals surface area contributed by atoms with Crippen LogP contribution in [0.4, 0.5) is 5.69 Å². The monoisotopic (exact) mass is 264 g/mol. The largest absolute Gasteiger partial charge is 0.462 e. The molecule has 6 nitrogen and oxygen atoms in total. The summed E-state index contributed by atoms with van der Waals surface area (Å²) >= 11 is 0. The van der Waals surface area contributed by atoms with Crippen molar-refractivity contribution in [1.82, 2.24) is 4.98 Å². The molecule has 0 atom stereocenters. The lowest BCUT2D eigenvalue weighted by Gasteiger charge is -2.08. The van der Waals surface area contributed by atoms with E-state index in [-0.39, 0.29) is 29.5 Å². The standard InChI is InChI=1S/C13H16N2O4/c1-3-5-12(17)15-10-6-9(13(18)19-4-2)7-14-11(10)8-16/h6-8H,3-5H2,1-2H3,(H,15,17). The number of carbonyl (C=O) groups is 3. The summed E-state index contributed by atoms with van der Waals surface area (Å²) in [5.41, 5.74) is 0.496. The number of pyridine rings is 1. The van der Waals surface area contributed by atoms with Crippen molar-refractivity contribution >= 4 is 23.9 Å². The Morgan fingerprint density at radius 1 is 1.42 bits per heavy atom. The van der Waals surface area contributed by atoms with Crippen LogP contribution in [0.2, 0.25) is 0 Å². The van der Waals surface area contributed by atoms with E-state index in [1.54, 1.807) is 6.92 Å². The van der Waals surface area contributed by atoms with Crippen molar-refractivity contribution in [3.63, 3.8) is 0 Å². The molecule has 19 heavy (non-hydrogen) atoms. The zero-order valence-corrected chi connectivity index (χ0v) is 10.9. The maximum atomic E-state index is 11.5. The summed E-state index contributed by atoms with van der Waals surface area (Å²) in [4.78, 5) is 37.7. The van der Waals surface area contributed by atoms with E-state index in [4.69, 9.17) is 4.74 Å². The van der Waals surface area contributed by atoms with Crippen LogP contribution in [0, 0.1) is 0 Å². The first-order valence-electron chi connectivity index (χ1n) is 6.04. The van der Waals surface area contributed by atoms with Crippen LogP contribution in [0.15, 0.2) is 12.3 Å². The molecule has 102 valence electrons. The number of amides is 1. The summed E-state index contributed by atoms with van der Waals surface area (Å²) in [5.74, 6) is -0.771. The van der Waals surface area contributed by atoms with E-state index < -0.39 is 5.97 Å². The van der Waals surface area contributed by atoms with Gasteiger partial charge in [0.05, 0.1) is 17.9 Å². The number of anilines is 1. The van der Waals surface area contributed by atoms with Crippen molar-refractivity contribution in [3.05, 3.63) is 23.5 Å². The van der Waals surface area contributed by atoms with Crippen molar-refractivity contribution in [2.75, 3.05) is 11.9 Å². The van der Waals surface area contributed by atoms with E-state index in [9.17, 15) is 14.4 Å². The lowest BCUT2D eigenvalue weighted by Crippen LogP contribution is -2.14. The second-order valence-corrected chi connectivity index (χ2v) is 3.79. The summed E-state index contributed by atoms with van der Waals surface area (Å²) in [6.45, 7) is 3.80. The highest BCUT2D eigenvalue weighted by Crippen LogP contribution is 2.15. The highest BCUT2D eigenvalue weighted by Gasteiger charge is 2.13. The minimum atomic E-state index is -0.543. The van der Waals surface area contributed by atoms with Gasteiger partial charge in [0.15, 0.2) is 6.29 Å². The number of nitrogens with one attached hydrogen (secondary N) is 1. The summed E-state index contributed by atoms with van der Waals surface area (Å²) in [6.07, 6.45) is 2.79. The minimum absolute atomic E-state index is 0.0810. The number of nitrogens with zero attached hydrogens (tertiary/aromatic N) is 1. The molecule has 0 radical (unpaired) electrons. The lowest BCUT2D eigenvalue weighted by atomic mass is 10.2. The third kappa shape index (κ3) is 4.17. The Kier molecular flexibility index (Phi) is 5.66. The average Bonchev–Trinajstić information content (AvgIpc) is 2.39. The summed E-state index contributed by atoms with van der Waals surface area (Å²) in [7, 11) is 0. The molecule has 6 heteroatoms. The van der Waals surface area contributed by atoms with Gasteiger partial charge in [-0.1, -0.05) is 6.92 Å². The number of rotatable bonds is 6. The van der Waals surface area contributed by atoms with Crippen LogP contribution in [0.5, 0.6) is 0 Å². The Morgan fingerprint density at radius 2 is 2.16 bits per heavy atom. The van der Waals surface area contributed by atoms with Crippen molar-refractivity contribution in [2.45, 2.75) is 26.7 Å². The van der Waals surface area contributed by atoms with E-state index in [0.29, 0.717) is 19.1 Å². The van der Waals surface area contributed by atoms with E-state index in [1.807, 2.05) is 6.92 Å². The molecule has 1 aromatic rings. The van der Waals surface area contributed by atoms with Gasteiger partial charge in [0.1, 0.15) is 5.69 Å². The fourth-order valence-corrected chi connectivity index (χ4v) is 1.44. The molecule has 0 aliphatic carbocycles. The van der Waals surface area contributed by atoms with Gasteiger partial charge in [-0.2, -0.15) is 0 Å². The molecule has 0 saturated carbocycles. The predicted molar refractivity (Wildman–Crippen MR) is 69.1 cm³/mol. The van der Waals surface area contributed by atoms with Gasteiger partial charge in [0.2, 0.25) is 5.91 Å². The van der Waals surface area contributed by atoms with Gasteiger partial charge in [-0.25, -0.2) is 4.79 Å². The zero-order valence-electron chi connectivity index (χ0n) is 10.9. The molecule has 0 aliphatic heterocycles. The topological polar surface area (TPSA) is 85.4 Å². The van der Waals surface area contributed by atoms with Gasteiger partial charge in [-0.15, -0.1) is 0 Å². The Morgan fingerprint density at radius 3 is 2.74 bits per heavy atom. The van der Waals surface area contributed by atoms with E-state index in [0.717, 1.165) is 0 Å². The first-order chi connectivity index (χ1) is 9.12. The number of aldehydes is 1. The van der Waals surface area contributed by atoms with Gasteiger partial charge in [0.25, 0.3) is 0 Å². The zero-order chi connectivity index (χ0) is 14.3. The van der Waals surface area contributed by atoms with Crippen LogP contribution in [0.1, 0.15) is 47.5 Å². The average molecular weight is 264 g/mol. The highest BCUT2D eigenvalue weighted by atomic mass is 16.5. The number of carbonyl (C=O) groups excluding carboxylic acids is 3. The van der Waals surface area contributed by atoms with E-state index in [2.05, 4.69) is 10.3 Å². The van der Waals surface area contributed by atoms with Crippen molar-refractivity contribution in [3.8, 4) is 0 Å². The van der Waals surface area contributed by atoms with Crippen molar-refractivity contribution in [1.29, 1.82) is 0 Å². The third-order valence-electron chi connectivity index (χ3n) is 2.29. The molecule has 0 aliphatic rings. The molecular weight excluding hydrogens is 248 g/mol. The molecular formula is C13H16N2O4. The van der Waals surface area contributed by atoms with Gasteiger partial charge in [-0.05, 0) is 19.4 Å². The molecule has 1 N–H and O–H groups in total. The molecule has 1 aromatic heterocycles. The second-order valence-electron chi connectivity index (χ2n) is 3.79. The maximum absolute atomic E-state index is 11.5. The van der Waals surface area contributed by atoms with Crippen LogP contribution in [-0.4, -0.2) is 29.8 Å². The number of ether oxygens (including phenoxy) is 1. The molecule has 0 aromatic carbocycles. The molecule has 0 bridgehead atoms. The smallest absolute Gasteiger partial charge is 0.339 e. The predicted octanol–water partition coefficient (Wildman–Crippen LogP) is 1.81. The highest BCUT2D eigenvalue weighted by molar-refractivity contribution is 5.98. The first kappa shape index (κ1) is 14.8. The van der Waals surface area contributed by atoms with Crippen LogP contribution in [0.3, 0.4) is 0 Å². The summed E-state index contributed by atoms with van der Waals surface area (Å²) < 4.78 is 4.83. The second kappa shape index (κ2) is 7.25. The first-order valence-corrected chi connectivity index (χ1v) is 6.04. The van der Waals surface area contributed by atoms with Crippen LogP contribution < -0.4 is 5.32 Å². The van der Waals surface area contributed by atoms with Crippen molar-refractivity contribution in [2.24, 2.45) is 0 Å². The van der Waals surface area contributed by atoms with Crippen LogP contribution in [0.25, 0.3) is 0 Å². The number of hydrogen-bond acceptors (Lipinski definition) is 5. The quantitative estimate of drug-likeness (QED) is 0.625. The normalized spacial score (nSPS) is 9.79. The SMILES string of the molecule is CCCC(=O)Nc1cc(C(=O)OCC)cnc1C=O. The van der Waals surface area contributed by atoms with Gasteiger partial charge >= 0.3 is 5.97 Å². The molecule has 0 spiro atoms. The fourth-order valence-electron chi connectivity index (χ4n) is 1.44. The molecule has 1 heterocycles. The molecule has 0 saturated heterocycles. The van der Waals surface area contributed by atoms with E-state index in [1.165, 1.54) is 12.3 Å². The van der Waals surface area contributed by atoms with E-state index >= 15 is 0 Å². The third-order valence-corrected chi connectivity index (χ3v) is 2.29. The Labute approximate surface area is 111 Å². The van der Waals surface area contributed by atoms with Gasteiger partial charge in [0, 0.05) is 12.6 Å². The van der Waals surface area contributed by atoms with Gasteiger partial charge in [-0.3, -0.25) is 14.6 Å².